The number of aromatic carboxylic acids is 1. The minimum Gasteiger partial charge on any atom is -0.494 e. The first-order valence-electron chi connectivity index (χ1n) is 5.73. The molecule has 0 fully saturated rings. The average Bonchev–Trinajstić information content (AvgIpc) is 2.81. The highest BCUT2D eigenvalue weighted by atomic mass is 16.5. The Balaban J connectivity index is 2.06. The molecule has 0 spiro atoms. The molecule has 4 heteroatoms. The molecule has 1 aromatic heterocycles. The predicted molar refractivity (Wildman–Crippen MR) is 66.1 cm³/mol. The molecule has 0 radical (unpaired) electrons. The van der Waals surface area contributed by atoms with Crippen LogP contribution in [0.2, 0.25) is 0 Å². The van der Waals surface area contributed by atoms with Gasteiger partial charge >= 0.3 is 5.97 Å². The van der Waals surface area contributed by atoms with Gasteiger partial charge in [-0.25, -0.2) is 4.79 Å². The summed E-state index contributed by atoms with van der Waals surface area (Å²) < 4.78 is 10.5. The van der Waals surface area contributed by atoms with Crippen molar-refractivity contribution in [3.63, 3.8) is 0 Å². The van der Waals surface area contributed by atoms with Crippen LogP contribution >= 0.6 is 0 Å². The van der Waals surface area contributed by atoms with Crippen molar-refractivity contribution in [3.8, 4) is 5.75 Å². The van der Waals surface area contributed by atoms with E-state index in [-0.39, 0.29) is 5.76 Å². The van der Waals surface area contributed by atoms with Gasteiger partial charge in [0.05, 0.1) is 6.61 Å². The molecule has 0 aliphatic rings. The van der Waals surface area contributed by atoms with E-state index in [2.05, 4.69) is 0 Å². The van der Waals surface area contributed by atoms with Crippen LogP contribution < -0.4 is 4.74 Å². The standard InChI is InChI=1S/C14H14O4/c1-2-17-11-5-3-10(4-6-11)9-12-7-8-13(18-12)14(15)16/h3-8H,2,9H2,1H3,(H,15,16). The van der Waals surface area contributed by atoms with Crippen molar-refractivity contribution in [2.45, 2.75) is 13.3 Å². The molecule has 0 unspecified atom stereocenters. The van der Waals surface area contributed by atoms with Gasteiger partial charge in [-0.1, -0.05) is 12.1 Å². The third-order valence-electron chi connectivity index (χ3n) is 2.49. The summed E-state index contributed by atoms with van der Waals surface area (Å²) in [5, 5.41) is 8.75. The van der Waals surface area contributed by atoms with E-state index in [1.807, 2.05) is 31.2 Å². The van der Waals surface area contributed by atoms with Crippen LogP contribution in [-0.4, -0.2) is 17.7 Å². The highest BCUT2D eigenvalue weighted by molar-refractivity contribution is 5.84. The summed E-state index contributed by atoms with van der Waals surface area (Å²) in [5.41, 5.74) is 1.05. The van der Waals surface area contributed by atoms with Crippen LogP contribution in [0, 0.1) is 0 Å². The van der Waals surface area contributed by atoms with Crippen LogP contribution in [0.15, 0.2) is 40.8 Å². The number of ether oxygens (including phenoxy) is 1. The summed E-state index contributed by atoms with van der Waals surface area (Å²) in [6, 6.07) is 10.8. The quantitative estimate of drug-likeness (QED) is 0.881. The number of hydrogen-bond acceptors (Lipinski definition) is 3. The average molecular weight is 246 g/mol. The number of carbonyl (C=O) groups is 1. The predicted octanol–water partition coefficient (Wildman–Crippen LogP) is 2.97. The SMILES string of the molecule is CCOc1ccc(Cc2ccc(C(=O)O)o2)cc1. The lowest BCUT2D eigenvalue weighted by Gasteiger charge is -2.03. The normalized spacial score (nSPS) is 10.3. The molecular formula is C14H14O4. The van der Waals surface area contributed by atoms with Crippen LogP contribution in [0.1, 0.15) is 28.8 Å². The molecular weight excluding hydrogens is 232 g/mol. The lowest BCUT2D eigenvalue weighted by atomic mass is 10.1. The first-order valence-corrected chi connectivity index (χ1v) is 5.73. The molecule has 0 saturated carbocycles. The molecule has 1 heterocycles. The Bertz CT molecular complexity index is 525. The molecule has 2 rings (SSSR count). The lowest BCUT2D eigenvalue weighted by Crippen LogP contribution is -1.93. The molecule has 18 heavy (non-hydrogen) atoms. The van der Waals surface area contributed by atoms with E-state index in [0.717, 1.165) is 11.3 Å². The Kier molecular flexibility index (Phi) is 3.67. The summed E-state index contributed by atoms with van der Waals surface area (Å²) in [5.74, 6) is 0.382. The van der Waals surface area contributed by atoms with E-state index in [1.54, 1.807) is 6.07 Å². The van der Waals surface area contributed by atoms with Gasteiger partial charge in [0.15, 0.2) is 0 Å². The fourth-order valence-corrected chi connectivity index (χ4v) is 1.66. The third-order valence-corrected chi connectivity index (χ3v) is 2.49. The summed E-state index contributed by atoms with van der Waals surface area (Å²) in [6.07, 6.45) is 0.569. The number of carboxylic acids is 1. The van der Waals surface area contributed by atoms with E-state index >= 15 is 0 Å². The molecule has 0 aliphatic heterocycles. The van der Waals surface area contributed by atoms with Crippen molar-refractivity contribution in [2.24, 2.45) is 0 Å². The van der Waals surface area contributed by atoms with Crippen molar-refractivity contribution in [1.29, 1.82) is 0 Å². The van der Waals surface area contributed by atoms with Gasteiger partial charge in [0, 0.05) is 6.42 Å². The zero-order valence-electron chi connectivity index (χ0n) is 10.1. The van der Waals surface area contributed by atoms with Crippen LogP contribution in [-0.2, 0) is 6.42 Å². The molecule has 94 valence electrons. The summed E-state index contributed by atoms with van der Waals surface area (Å²) in [6.45, 7) is 2.57. The fraction of sp³-hybridized carbons (Fsp3) is 0.214. The Morgan fingerprint density at radius 1 is 1.22 bits per heavy atom. The number of carboxylic acid groups (broad SMARTS) is 1. The molecule has 0 atom stereocenters. The van der Waals surface area contributed by atoms with Crippen LogP contribution in [0.25, 0.3) is 0 Å². The van der Waals surface area contributed by atoms with Crippen molar-refractivity contribution in [2.75, 3.05) is 6.61 Å². The van der Waals surface area contributed by atoms with Crippen molar-refractivity contribution in [1.82, 2.24) is 0 Å². The molecule has 0 saturated heterocycles. The monoisotopic (exact) mass is 246 g/mol. The van der Waals surface area contributed by atoms with E-state index in [4.69, 9.17) is 14.3 Å². The first-order chi connectivity index (χ1) is 8.69. The fourth-order valence-electron chi connectivity index (χ4n) is 1.66. The zero-order valence-corrected chi connectivity index (χ0v) is 10.1. The summed E-state index contributed by atoms with van der Waals surface area (Å²) in [7, 11) is 0. The van der Waals surface area contributed by atoms with Crippen LogP contribution in [0.3, 0.4) is 0 Å². The topological polar surface area (TPSA) is 59.7 Å². The molecule has 1 N–H and O–H groups in total. The third kappa shape index (κ3) is 2.91. The van der Waals surface area contributed by atoms with Gasteiger partial charge in [-0.15, -0.1) is 0 Å². The maximum Gasteiger partial charge on any atom is 0.371 e. The van der Waals surface area contributed by atoms with Crippen LogP contribution in [0.5, 0.6) is 5.75 Å². The Morgan fingerprint density at radius 2 is 1.94 bits per heavy atom. The number of benzene rings is 1. The molecule has 0 amide bonds. The van der Waals surface area contributed by atoms with Gasteiger partial charge in [-0.05, 0) is 36.8 Å². The maximum absolute atomic E-state index is 10.7. The molecule has 4 nitrogen and oxygen atoms in total. The Morgan fingerprint density at radius 3 is 2.50 bits per heavy atom. The minimum atomic E-state index is -1.05. The lowest BCUT2D eigenvalue weighted by molar-refractivity contribution is 0.0660. The summed E-state index contributed by atoms with van der Waals surface area (Å²) in [4.78, 5) is 10.7. The van der Waals surface area contributed by atoms with Gasteiger partial charge in [0.25, 0.3) is 0 Å². The molecule has 1 aromatic carbocycles. The maximum atomic E-state index is 10.7. The Labute approximate surface area is 105 Å². The smallest absolute Gasteiger partial charge is 0.371 e. The van der Waals surface area contributed by atoms with Crippen molar-refractivity contribution < 1.29 is 19.1 Å². The number of rotatable bonds is 5. The number of hydrogen-bond donors (Lipinski definition) is 1. The van der Waals surface area contributed by atoms with E-state index in [1.165, 1.54) is 6.07 Å². The van der Waals surface area contributed by atoms with E-state index in [9.17, 15) is 4.79 Å². The highest BCUT2D eigenvalue weighted by Gasteiger charge is 2.09. The second-order valence-corrected chi connectivity index (χ2v) is 3.82. The zero-order chi connectivity index (χ0) is 13.0. The van der Waals surface area contributed by atoms with Gasteiger partial charge < -0.3 is 14.3 Å². The summed E-state index contributed by atoms with van der Waals surface area (Å²) >= 11 is 0. The van der Waals surface area contributed by atoms with Gasteiger partial charge in [-0.3, -0.25) is 0 Å². The van der Waals surface area contributed by atoms with Gasteiger partial charge in [0.1, 0.15) is 11.5 Å². The molecule has 0 bridgehead atoms. The van der Waals surface area contributed by atoms with Crippen molar-refractivity contribution in [3.05, 3.63) is 53.5 Å². The second-order valence-electron chi connectivity index (χ2n) is 3.82. The minimum absolute atomic E-state index is 0.0315. The second kappa shape index (κ2) is 5.40. The van der Waals surface area contributed by atoms with Gasteiger partial charge in [0.2, 0.25) is 5.76 Å². The Hall–Kier alpha value is -2.23. The molecule has 0 aliphatic carbocycles. The highest BCUT2D eigenvalue weighted by Crippen LogP contribution is 2.17. The van der Waals surface area contributed by atoms with Crippen molar-refractivity contribution >= 4 is 5.97 Å². The van der Waals surface area contributed by atoms with Gasteiger partial charge in [-0.2, -0.15) is 0 Å². The largest absolute Gasteiger partial charge is 0.494 e. The number of furan rings is 1. The van der Waals surface area contributed by atoms with E-state index < -0.39 is 5.97 Å². The first kappa shape index (κ1) is 12.2. The van der Waals surface area contributed by atoms with E-state index in [0.29, 0.717) is 18.8 Å². The molecule has 2 aromatic rings. The van der Waals surface area contributed by atoms with Crippen LogP contribution in [0.4, 0.5) is 0 Å².